The first-order valence-corrected chi connectivity index (χ1v) is 38.2. The predicted octanol–water partition coefficient (Wildman–Crippen LogP) is 29.3. The van der Waals surface area contributed by atoms with Crippen molar-refractivity contribution in [3.05, 3.63) is 446 Å². The number of anilines is 6. The van der Waals surface area contributed by atoms with Crippen molar-refractivity contribution in [1.82, 2.24) is 9.13 Å². The number of rotatable bonds is 15. The molecular formula is C107H78N4S. The van der Waals surface area contributed by atoms with E-state index in [9.17, 15) is 13.7 Å². The molecule has 0 bridgehead atoms. The monoisotopic (exact) mass is 1470 g/mol. The van der Waals surface area contributed by atoms with E-state index in [1.54, 1.807) is 16.7 Å². The average Bonchev–Trinajstić information content (AvgIpc) is 1.68. The van der Waals surface area contributed by atoms with Crippen LogP contribution in [0.5, 0.6) is 0 Å². The lowest BCUT2D eigenvalue weighted by Gasteiger charge is -2.46. The molecular weight excluding hydrogens is 1370 g/mol. The molecule has 0 spiro atoms. The van der Waals surface area contributed by atoms with E-state index in [1.807, 2.05) is 91.0 Å². The summed E-state index contributed by atoms with van der Waals surface area (Å²) in [5.41, 5.74) is 17.4. The van der Waals surface area contributed by atoms with Gasteiger partial charge in [-0.2, -0.15) is 0 Å². The van der Waals surface area contributed by atoms with Crippen LogP contribution in [0.4, 0.5) is 34.1 Å². The van der Waals surface area contributed by atoms with Crippen molar-refractivity contribution in [2.24, 2.45) is 0 Å². The molecule has 0 fully saturated rings. The molecule has 19 aromatic rings. The molecule has 17 aromatic carbocycles. The molecule has 0 N–H and O–H groups in total. The zero-order valence-corrected chi connectivity index (χ0v) is 62.1. The second-order valence-electron chi connectivity index (χ2n) is 29.2. The molecule has 1 aliphatic heterocycles. The molecule has 0 aliphatic carbocycles. The second kappa shape index (κ2) is 28.1. The van der Waals surface area contributed by atoms with Gasteiger partial charge in [-0.1, -0.05) is 317 Å². The highest BCUT2D eigenvalue weighted by molar-refractivity contribution is 7.99. The smallest absolute Gasteiger partial charge is 0.0742 e. The van der Waals surface area contributed by atoms with E-state index < -0.39 is 108 Å². The molecule has 20 rings (SSSR count). The van der Waals surface area contributed by atoms with Crippen molar-refractivity contribution >= 4 is 89.5 Å². The van der Waals surface area contributed by atoms with Gasteiger partial charge in [-0.3, -0.25) is 0 Å². The summed E-state index contributed by atoms with van der Waals surface area (Å²) in [6.07, 6.45) is 0. The molecule has 532 valence electrons. The van der Waals surface area contributed by atoms with E-state index in [-0.39, 0.29) is 43.6 Å². The summed E-state index contributed by atoms with van der Waals surface area (Å²) in [5, 5.41) is -0.259. The van der Waals surface area contributed by atoms with Gasteiger partial charge in [0.1, 0.15) is 0 Å². The van der Waals surface area contributed by atoms with Crippen molar-refractivity contribution < 1.29 is 21.9 Å². The number of hydrogen-bond donors (Lipinski definition) is 0. The molecule has 0 atom stereocenters. The number of fused-ring (bicyclic) bond motifs is 8. The van der Waals surface area contributed by atoms with Crippen LogP contribution in [0.25, 0.3) is 111 Å². The van der Waals surface area contributed by atoms with Crippen molar-refractivity contribution in [3.8, 4) is 67.0 Å². The van der Waals surface area contributed by atoms with Crippen LogP contribution in [-0.2, 0) is 10.8 Å². The molecule has 112 heavy (non-hydrogen) atoms. The normalized spacial score (nSPS) is 14.5. The number of benzene rings is 17. The largest absolute Gasteiger partial charge is 0.310 e. The standard InChI is InChI=1S/C107H78N4S/c1-106(2,3)83-68-95(78-39-29-37-75(63-78)73-33-9-4-10-34-73)105(96(69-83)79-40-30-38-76(64-79)74-35-11-5-12-36-74)108(85-47-31-48-86(70-85)110-99-56-24-19-51-91(99)92-52-20-25-57-100(92)110)88-65-80(66-90(72-88)112-89-50-32-49-87(71-89)111-101-58-26-21-53-93(101)94-54-22-27-59-102(94)111)77-61-62-104-98(67-77)107(81-41-13-6-14-42-81,82-43-15-7-16-44-82)97-55-23-28-60-103(97)109(104)84-45-17-8-18-46-84/h4-72H,1-3H3/i19D,20D,21D,22D,24D,25D,26D,27D,51D,52D,53D,54D,56D,57D,58D,59D. The molecule has 4 nitrogen and oxygen atoms in total. The van der Waals surface area contributed by atoms with E-state index in [0.29, 0.717) is 38.2 Å². The Morgan fingerprint density at radius 3 is 1.27 bits per heavy atom. The molecule has 0 saturated carbocycles. The minimum absolute atomic E-state index is 0.0282. The van der Waals surface area contributed by atoms with Crippen LogP contribution in [-0.4, -0.2) is 9.13 Å². The van der Waals surface area contributed by atoms with E-state index >= 15 is 0 Å². The van der Waals surface area contributed by atoms with Gasteiger partial charge in [-0.15, -0.1) is 0 Å². The summed E-state index contributed by atoms with van der Waals surface area (Å²) in [6, 6.07) is 102. The van der Waals surface area contributed by atoms with Gasteiger partial charge in [0.25, 0.3) is 0 Å². The summed E-state index contributed by atoms with van der Waals surface area (Å²) in [4.78, 5) is 5.86. The van der Waals surface area contributed by atoms with Crippen LogP contribution in [0.3, 0.4) is 0 Å². The number of hydrogen-bond acceptors (Lipinski definition) is 3. The molecule has 0 unspecified atom stereocenters. The number of nitrogens with zero attached hydrogens (tertiary/aromatic N) is 4. The molecule has 3 heterocycles. The van der Waals surface area contributed by atoms with Gasteiger partial charge < -0.3 is 18.9 Å². The first kappa shape index (κ1) is 52.4. The minimum Gasteiger partial charge on any atom is -0.310 e. The second-order valence-corrected chi connectivity index (χ2v) is 30.3. The summed E-state index contributed by atoms with van der Waals surface area (Å²) < 4.78 is 153. The van der Waals surface area contributed by atoms with Gasteiger partial charge in [0.05, 0.1) is 66.5 Å². The summed E-state index contributed by atoms with van der Waals surface area (Å²) in [6.45, 7) is 6.61. The fourth-order valence-electron chi connectivity index (χ4n) is 16.5. The predicted molar refractivity (Wildman–Crippen MR) is 473 cm³/mol. The third-order valence-electron chi connectivity index (χ3n) is 21.6. The van der Waals surface area contributed by atoms with Crippen LogP contribution >= 0.6 is 11.8 Å². The number of para-hydroxylation sites is 6. The Labute approximate surface area is 681 Å². The zero-order valence-electron chi connectivity index (χ0n) is 77.3. The van der Waals surface area contributed by atoms with Crippen LogP contribution in [0.2, 0.25) is 0 Å². The van der Waals surface area contributed by atoms with Gasteiger partial charge in [0.15, 0.2) is 0 Å². The van der Waals surface area contributed by atoms with Gasteiger partial charge in [0, 0.05) is 70.9 Å². The third-order valence-corrected chi connectivity index (χ3v) is 22.5. The van der Waals surface area contributed by atoms with Gasteiger partial charge >= 0.3 is 0 Å². The molecule has 2 aromatic heterocycles. The molecule has 5 heteroatoms. The van der Waals surface area contributed by atoms with Crippen molar-refractivity contribution in [1.29, 1.82) is 0 Å². The van der Waals surface area contributed by atoms with Crippen molar-refractivity contribution in [2.45, 2.75) is 41.4 Å². The van der Waals surface area contributed by atoms with Gasteiger partial charge in [-0.25, -0.2) is 0 Å². The maximum Gasteiger partial charge on any atom is 0.0742 e. The lowest BCUT2D eigenvalue weighted by atomic mass is 9.62. The Morgan fingerprint density at radius 1 is 0.304 bits per heavy atom. The fourth-order valence-corrected chi connectivity index (χ4v) is 17.5. The highest BCUT2D eigenvalue weighted by Gasteiger charge is 2.47. The number of aromatic nitrogens is 2. The zero-order chi connectivity index (χ0) is 88.8. The van der Waals surface area contributed by atoms with Gasteiger partial charge in [-0.05, 0) is 211 Å². The molecule has 0 radical (unpaired) electrons. The lowest BCUT2D eigenvalue weighted by Crippen LogP contribution is -2.37. The van der Waals surface area contributed by atoms with E-state index in [4.69, 9.17) is 8.22 Å². The Kier molecular flexibility index (Phi) is 13.1. The maximum atomic E-state index is 9.86. The van der Waals surface area contributed by atoms with Crippen LogP contribution in [0.1, 0.15) is 70.5 Å². The summed E-state index contributed by atoms with van der Waals surface area (Å²) in [7, 11) is 0. The topological polar surface area (TPSA) is 16.3 Å². The Morgan fingerprint density at radius 2 is 0.732 bits per heavy atom. The van der Waals surface area contributed by atoms with Crippen molar-refractivity contribution in [2.75, 3.05) is 9.80 Å². The van der Waals surface area contributed by atoms with E-state index in [2.05, 4.69) is 249 Å². The van der Waals surface area contributed by atoms with Crippen LogP contribution in [0, 0.1) is 0 Å². The summed E-state index contributed by atoms with van der Waals surface area (Å²) >= 11 is 1.40. The van der Waals surface area contributed by atoms with Gasteiger partial charge in [0.2, 0.25) is 0 Å². The molecule has 1 aliphatic rings. The first-order valence-electron chi connectivity index (χ1n) is 45.4. The quantitative estimate of drug-likeness (QED) is 0.102. The Balaban J connectivity index is 0.936. The SMILES string of the molecule is [2H]c1c([2H])c([2H])c2c(c1[2H])c1c([2H])c([2H])c([2H])c([2H])c1n2-c1cccc(Sc2cc(-c3ccc4c(c3)C(c3ccccc3)(c3ccccc3)c3ccccc3N4c3ccccc3)cc(N(c3cccc(-n4c5c([2H])c([2H])c([2H])c([2H])c5c5c([2H])c([2H])c([2H])c([2H])c54)c3)c3c(-c4cccc(-c5ccccc5)c4)cc(C(C)(C)C)cc3-c3cccc(-c4ccccc4)c3)c2)c1. The van der Waals surface area contributed by atoms with Crippen molar-refractivity contribution in [3.63, 3.8) is 0 Å². The fraction of sp³-hybridized carbons (Fsp3) is 0.0467. The molecule has 0 amide bonds. The van der Waals surface area contributed by atoms with E-state index in [0.717, 1.165) is 101 Å². The van der Waals surface area contributed by atoms with Crippen LogP contribution < -0.4 is 9.80 Å². The van der Waals surface area contributed by atoms with Crippen LogP contribution in [0.15, 0.2) is 428 Å². The molecule has 0 saturated heterocycles. The maximum absolute atomic E-state index is 9.86. The highest BCUT2D eigenvalue weighted by atomic mass is 32.2. The first-order chi connectivity index (χ1) is 61.8. The third kappa shape index (κ3) is 11.8. The Bertz CT molecular complexity index is 7490. The highest BCUT2D eigenvalue weighted by Crippen LogP contribution is 2.59. The average molecular weight is 1470 g/mol. The van der Waals surface area contributed by atoms with E-state index in [1.165, 1.54) is 16.3 Å². The lowest BCUT2D eigenvalue weighted by molar-refractivity contribution is 0.591. The summed E-state index contributed by atoms with van der Waals surface area (Å²) in [5.74, 6) is 0. The minimum atomic E-state index is -0.977. The Hall–Kier alpha value is -13.7.